The fourth-order valence-corrected chi connectivity index (χ4v) is 5.62. The number of hydrogen-bond donors (Lipinski definition) is 2. The van der Waals surface area contributed by atoms with E-state index in [4.69, 9.17) is 10.2 Å². The van der Waals surface area contributed by atoms with Crippen molar-refractivity contribution in [1.29, 1.82) is 0 Å². The molecule has 3 atom stereocenters. The number of halogens is 6. The van der Waals surface area contributed by atoms with Crippen LogP contribution < -0.4 is 25.4 Å². The molecule has 0 amide bonds. The Hall–Kier alpha value is -3.45. The highest BCUT2D eigenvalue weighted by atomic mass is 19.4. The molecule has 2 aromatic carbocycles. The zero-order valence-electron chi connectivity index (χ0n) is 22.0. The topological polar surface area (TPSA) is 85.8 Å². The Morgan fingerprint density at radius 3 is 2.15 bits per heavy atom. The predicted octanol–water partition coefficient (Wildman–Crippen LogP) is 6.49. The number of anilines is 1. The van der Waals surface area contributed by atoms with Crippen LogP contribution in [-0.2, 0) is 5.54 Å². The molecule has 1 aliphatic carbocycles. The summed E-state index contributed by atoms with van der Waals surface area (Å²) in [5.41, 5.74) is 7.40. The number of rotatable bonds is 7. The summed E-state index contributed by atoms with van der Waals surface area (Å²) in [6, 6.07) is 11.1. The Labute approximate surface area is 232 Å². The molecule has 41 heavy (non-hydrogen) atoms. The van der Waals surface area contributed by atoms with E-state index in [1.807, 2.05) is 0 Å². The fourth-order valence-electron chi connectivity index (χ4n) is 5.62. The normalized spacial score (nSPS) is 23.8. The number of oxazole rings is 1. The van der Waals surface area contributed by atoms with Gasteiger partial charge < -0.3 is 29.8 Å². The smallest absolute Gasteiger partial charge is 0.439 e. The van der Waals surface area contributed by atoms with Gasteiger partial charge in [-0.1, -0.05) is 12.8 Å². The minimum atomic E-state index is -4.78. The van der Waals surface area contributed by atoms with E-state index in [1.54, 1.807) is 12.1 Å². The second kappa shape index (κ2) is 11.4. The molecule has 7 nitrogen and oxygen atoms in total. The van der Waals surface area contributed by atoms with Crippen molar-refractivity contribution in [2.45, 2.75) is 68.9 Å². The zero-order chi connectivity index (χ0) is 29.3. The highest BCUT2D eigenvalue weighted by Gasteiger charge is 2.44. The van der Waals surface area contributed by atoms with Gasteiger partial charge in [-0.05, 0) is 74.2 Å². The fraction of sp³-hybridized carbons (Fsp3) is 0.464. The van der Waals surface area contributed by atoms with Crippen molar-refractivity contribution < 1.29 is 40.2 Å². The van der Waals surface area contributed by atoms with Crippen LogP contribution in [0.1, 0.15) is 44.4 Å². The van der Waals surface area contributed by atoms with Gasteiger partial charge in [-0.3, -0.25) is 0 Å². The summed E-state index contributed by atoms with van der Waals surface area (Å²) in [7, 11) is 0. The zero-order valence-corrected chi connectivity index (χ0v) is 22.0. The van der Waals surface area contributed by atoms with Crippen molar-refractivity contribution >= 4 is 5.69 Å². The largest absolute Gasteiger partial charge is 0.573 e. The van der Waals surface area contributed by atoms with Crippen molar-refractivity contribution in [1.82, 2.24) is 10.3 Å². The lowest BCUT2D eigenvalue weighted by Gasteiger charge is -2.43. The van der Waals surface area contributed by atoms with E-state index in [0.717, 1.165) is 44.3 Å². The molecule has 1 saturated carbocycles. The number of nitrogens with one attached hydrogen (secondary N) is 1. The minimum absolute atomic E-state index is 0.0801. The van der Waals surface area contributed by atoms with Gasteiger partial charge in [0.05, 0.1) is 6.20 Å². The molecule has 1 aromatic heterocycles. The average molecular weight is 585 g/mol. The maximum atomic E-state index is 12.5. The minimum Gasteiger partial charge on any atom is -0.439 e. The van der Waals surface area contributed by atoms with Crippen LogP contribution >= 0.6 is 0 Å². The van der Waals surface area contributed by atoms with Crippen molar-refractivity contribution in [2.24, 2.45) is 5.73 Å². The summed E-state index contributed by atoms with van der Waals surface area (Å²) in [6.45, 7) is 1.42. The van der Waals surface area contributed by atoms with Crippen molar-refractivity contribution in [3.05, 3.63) is 60.6 Å². The lowest BCUT2D eigenvalue weighted by atomic mass is 9.77. The molecule has 0 spiro atoms. The first-order valence-electron chi connectivity index (χ1n) is 13.4. The van der Waals surface area contributed by atoms with Gasteiger partial charge in [0.25, 0.3) is 0 Å². The summed E-state index contributed by atoms with van der Waals surface area (Å²) in [6.07, 6.45) is -2.90. The van der Waals surface area contributed by atoms with E-state index in [2.05, 4.69) is 24.7 Å². The molecular weight excluding hydrogens is 554 g/mol. The van der Waals surface area contributed by atoms with E-state index < -0.39 is 18.3 Å². The van der Waals surface area contributed by atoms with E-state index in [0.29, 0.717) is 30.2 Å². The second-order valence-corrected chi connectivity index (χ2v) is 10.4. The Kier molecular flexibility index (Phi) is 8.11. The summed E-state index contributed by atoms with van der Waals surface area (Å²) in [5.74, 6) is 0.140. The molecular formula is C28H30F6N4O3. The third-order valence-electron chi connectivity index (χ3n) is 7.53. The Morgan fingerprint density at radius 2 is 1.51 bits per heavy atom. The van der Waals surface area contributed by atoms with Gasteiger partial charge in [-0.2, -0.15) is 0 Å². The summed E-state index contributed by atoms with van der Waals surface area (Å²) >= 11 is 0. The first-order chi connectivity index (χ1) is 19.4. The molecule has 5 rings (SSSR count). The van der Waals surface area contributed by atoms with Gasteiger partial charge in [0.15, 0.2) is 5.76 Å². The number of nitrogens with zero attached hydrogens (tertiary/aromatic N) is 2. The quantitative estimate of drug-likeness (QED) is 0.307. The number of nitrogens with two attached hydrogens (primary N) is 1. The lowest BCUT2D eigenvalue weighted by molar-refractivity contribution is -0.275. The predicted molar refractivity (Wildman–Crippen MR) is 138 cm³/mol. The Balaban J connectivity index is 1.26. The molecule has 0 bridgehead atoms. The number of ether oxygens (including phenoxy) is 2. The number of aromatic nitrogens is 1. The van der Waals surface area contributed by atoms with Gasteiger partial charge in [0, 0.05) is 36.4 Å². The van der Waals surface area contributed by atoms with Crippen LogP contribution in [-0.4, -0.2) is 42.9 Å². The third kappa shape index (κ3) is 7.25. The van der Waals surface area contributed by atoms with Crippen LogP contribution in [0.5, 0.6) is 11.5 Å². The molecule has 2 fully saturated rings. The van der Waals surface area contributed by atoms with Gasteiger partial charge in [0.2, 0.25) is 5.89 Å². The van der Waals surface area contributed by atoms with Crippen LogP contribution in [0.25, 0.3) is 11.3 Å². The maximum Gasteiger partial charge on any atom is 0.573 e. The highest BCUT2D eigenvalue weighted by Crippen LogP contribution is 2.38. The first kappa shape index (κ1) is 29.1. The standard InChI is InChI=1S/C28H30F6N4O3/c29-27(30,31)40-21-10-6-18(7-11-21)23-16-36-25(39-23)26(35)14-2-1-5-24(26)37-19-4-3-15-38(17-19)20-8-12-22(13-9-20)41-28(32,33)34/h6-13,16,19,24,37H,1-5,14-15,17,35H2/t19-,24?,26?/m0/s1. The van der Waals surface area contributed by atoms with Crippen LogP contribution in [0.3, 0.4) is 0 Å². The van der Waals surface area contributed by atoms with E-state index in [1.165, 1.54) is 42.6 Å². The summed E-state index contributed by atoms with van der Waals surface area (Å²) in [5, 5.41) is 3.70. The number of alkyl halides is 6. The molecule has 222 valence electrons. The Bertz CT molecular complexity index is 1300. The van der Waals surface area contributed by atoms with Crippen molar-refractivity contribution in [3.8, 4) is 22.8 Å². The molecule has 0 radical (unpaired) electrons. The molecule has 3 aromatic rings. The maximum absolute atomic E-state index is 12.5. The van der Waals surface area contributed by atoms with Gasteiger partial charge in [-0.25, -0.2) is 4.98 Å². The SMILES string of the molecule is NC1(c2ncc(-c3ccc(OC(F)(F)F)cc3)o2)CCCCC1N[C@H]1CCCN(c2ccc(OC(F)(F)F)cc2)C1. The van der Waals surface area contributed by atoms with E-state index in [-0.39, 0.29) is 23.6 Å². The van der Waals surface area contributed by atoms with E-state index >= 15 is 0 Å². The molecule has 2 aliphatic rings. The highest BCUT2D eigenvalue weighted by molar-refractivity contribution is 5.57. The second-order valence-electron chi connectivity index (χ2n) is 10.4. The molecule has 2 heterocycles. The number of hydrogen-bond acceptors (Lipinski definition) is 7. The Morgan fingerprint density at radius 1 is 0.878 bits per heavy atom. The summed E-state index contributed by atoms with van der Waals surface area (Å²) < 4.78 is 88.9. The van der Waals surface area contributed by atoms with Crippen LogP contribution in [0.2, 0.25) is 0 Å². The van der Waals surface area contributed by atoms with Crippen molar-refractivity contribution in [3.63, 3.8) is 0 Å². The monoisotopic (exact) mass is 584 g/mol. The third-order valence-corrected chi connectivity index (χ3v) is 7.53. The van der Waals surface area contributed by atoms with Crippen molar-refractivity contribution in [2.75, 3.05) is 18.0 Å². The van der Waals surface area contributed by atoms with Gasteiger partial charge in [0.1, 0.15) is 17.0 Å². The van der Waals surface area contributed by atoms with Crippen LogP contribution in [0.4, 0.5) is 32.0 Å². The van der Waals surface area contributed by atoms with E-state index in [9.17, 15) is 26.3 Å². The number of benzene rings is 2. The molecule has 2 unspecified atom stereocenters. The van der Waals surface area contributed by atoms with Gasteiger partial charge in [-0.15, -0.1) is 26.3 Å². The molecule has 13 heteroatoms. The van der Waals surface area contributed by atoms with Crippen LogP contribution in [0.15, 0.2) is 59.1 Å². The molecule has 3 N–H and O–H groups in total. The van der Waals surface area contributed by atoms with Crippen LogP contribution in [0, 0.1) is 0 Å². The molecule has 1 saturated heterocycles. The first-order valence-corrected chi connectivity index (χ1v) is 13.4. The molecule has 1 aliphatic heterocycles. The average Bonchev–Trinajstić information content (AvgIpc) is 3.41. The summed E-state index contributed by atoms with van der Waals surface area (Å²) in [4.78, 5) is 6.58. The van der Waals surface area contributed by atoms with Gasteiger partial charge >= 0.3 is 12.7 Å². The number of piperidine rings is 1. The lowest BCUT2D eigenvalue weighted by Crippen LogP contribution is -2.61.